The molecule has 1 aliphatic rings. The van der Waals surface area contributed by atoms with Gasteiger partial charge in [0.2, 0.25) is 5.91 Å². The highest BCUT2D eigenvalue weighted by molar-refractivity contribution is 5.89. The van der Waals surface area contributed by atoms with Crippen LogP contribution >= 0.6 is 0 Å². The maximum absolute atomic E-state index is 11.4. The van der Waals surface area contributed by atoms with E-state index in [1.807, 2.05) is 24.3 Å². The van der Waals surface area contributed by atoms with Crippen LogP contribution < -0.4 is 0 Å². The van der Waals surface area contributed by atoms with E-state index in [1.54, 1.807) is 13.3 Å². The predicted octanol–water partition coefficient (Wildman–Crippen LogP) is 1.03. The van der Waals surface area contributed by atoms with Gasteiger partial charge in [-0.1, -0.05) is 24.3 Å². The van der Waals surface area contributed by atoms with E-state index in [-0.39, 0.29) is 5.91 Å². The molecule has 0 N–H and O–H groups in total. The molecule has 1 aliphatic heterocycles. The van der Waals surface area contributed by atoms with E-state index in [2.05, 4.69) is 5.10 Å². The van der Waals surface area contributed by atoms with Gasteiger partial charge in [-0.25, -0.2) is 5.01 Å². The number of fused-ring (bicyclic) bond motifs is 1. The van der Waals surface area contributed by atoms with Crippen molar-refractivity contribution in [3.63, 3.8) is 0 Å². The second kappa shape index (κ2) is 3.01. The Labute approximate surface area is 76.7 Å². The van der Waals surface area contributed by atoms with Crippen molar-refractivity contribution in [2.75, 3.05) is 7.05 Å². The second-order valence-corrected chi connectivity index (χ2v) is 3.04. The molecule has 1 amide bonds. The van der Waals surface area contributed by atoms with Crippen molar-refractivity contribution >= 4 is 12.1 Å². The first-order chi connectivity index (χ1) is 6.27. The first kappa shape index (κ1) is 7.98. The Morgan fingerprint density at radius 3 is 3.00 bits per heavy atom. The molecule has 66 valence electrons. The summed E-state index contributed by atoms with van der Waals surface area (Å²) < 4.78 is 0. The zero-order valence-electron chi connectivity index (χ0n) is 7.40. The van der Waals surface area contributed by atoms with E-state index in [0.717, 1.165) is 11.1 Å². The third-order valence-corrected chi connectivity index (χ3v) is 2.13. The van der Waals surface area contributed by atoms with Crippen molar-refractivity contribution in [1.82, 2.24) is 5.01 Å². The monoisotopic (exact) mass is 174 g/mol. The number of amides is 1. The minimum absolute atomic E-state index is 0.0289. The van der Waals surface area contributed by atoms with Gasteiger partial charge in [0.25, 0.3) is 0 Å². The van der Waals surface area contributed by atoms with Crippen molar-refractivity contribution in [3.05, 3.63) is 35.4 Å². The van der Waals surface area contributed by atoms with Crippen molar-refractivity contribution in [2.45, 2.75) is 6.42 Å². The summed E-state index contributed by atoms with van der Waals surface area (Å²) in [7, 11) is 1.67. The zero-order valence-corrected chi connectivity index (χ0v) is 7.40. The Kier molecular flexibility index (Phi) is 1.85. The smallest absolute Gasteiger partial charge is 0.246 e. The topological polar surface area (TPSA) is 32.7 Å². The molecule has 0 bridgehead atoms. The minimum Gasteiger partial charge on any atom is -0.273 e. The summed E-state index contributed by atoms with van der Waals surface area (Å²) in [6.07, 6.45) is 2.16. The van der Waals surface area contributed by atoms with Gasteiger partial charge < -0.3 is 0 Å². The highest BCUT2D eigenvalue weighted by atomic mass is 16.2. The molecule has 0 radical (unpaired) electrons. The number of hydrogen-bond donors (Lipinski definition) is 0. The van der Waals surface area contributed by atoms with Crippen LogP contribution in [0.1, 0.15) is 11.1 Å². The molecule has 3 nitrogen and oxygen atoms in total. The molecular formula is C10H10N2O. The van der Waals surface area contributed by atoms with E-state index in [1.165, 1.54) is 5.01 Å². The third-order valence-electron chi connectivity index (χ3n) is 2.13. The molecule has 1 aromatic rings. The average Bonchev–Trinajstić information content (AvgIpc) is 2.28. The number of carbonyl (C=O) groups is 1. The van der Waals surface area contributed by atoms with Crippen LogP contribution in [0.3, 0.4) is 0 Å². The van der Waals surface area contributed by atoms with Gasteiger partial charge in [-0.15, -0.1) is 0 Å². The molecule has 3 heteroatoms. The van der Waals surface area contributed by atoms with Crippen molar-refractivity contribution in [1.29, 1.82) is 0 Å². The highest BCUT2D eigenvalue weighted by Gasteiger charge is 2.13. The van der Waals surface area contributed by atoms with Gasteiger partial charge in [-0.3, -0.25) is 4.79 Å². The van der Waals surface area contributed by atoms with Crippen molar-refractivity contribution in [3.8, 4) is 0 Å². The average molecular weight is 174 g/mol. The fourth-order valence-electron chi connectivity index (χ4n) is 1.31. The molecule has 0 unspecified atom stereocenters. The highest BCUT2D eigenvalue weighted by Crippen LogP contribution is 2.11. The lowest BCUT2D eigenvalue weighted by Crippen LogP contribution is -2.21. The third kappa shape index (κ3) is 1.45. The van der Waals surface area contributed by atoms with Crippen LogP contribution in [-0.2, 0) is 11.2 Å². The normalized spacial score (nSPS) is 15.5. The summed E-state index contributed by atoms with van der Waals surface area (Å²) >= 11 is 0. The Morgan fingerprint density at radius 1 is 1.38 bits per heavy atom. The van der Waals surface area contributed by atoms with Gasteiger partial charge in [0.15, 0.2) is 0 Å². The van der Waals surface area contributed by atoms with E-state index in [0.29, 0.717) is 6.42 Å². The standard InChI is InChI=1S/C10H10N2O/c1-12-10(13)6-8-4-2-3-5-9(8)7-11-12/h2-5,7H,6H2,1H3. The lowest BCUT2D eigenvalue weighted by atomic mass is 10.1. The largest absolute Gasteiger partial charge is 0.273 e. The van der Waals surface area contributed by atoms with Crippen LogP contribution in [0.4, 0.5) is 0 Å². The maximum atomic E-state index is 11.4. The SMILES string of the molecule is CN1N=Cc2ccccc2CC1=O. The van der Waals surface area contributed by atoms with Crippen LogP contribution in [0.25, 0.3) is 0 Å². The van der Waals surface area contributed by atoms with Gasteiger partial charge in [0, 0.05) is 7.05 Å². The lowest BCUT2D eigenvalue weighted by Gasteiger charge is -2.06. The number of rotatable bonds is 0. The minimum atomic E-state index is 0.0289. The van der Waals surface area contributed by atoms with Crippen LogP contribution in [0.2, 0.25) is 0 Å². The Hall–Kier alpha value is -1.64. The number of likely N-dealkylation sites (N-methyl/N-ethyl adjacent to an activating group) is 1. The maximum Gasteiger partial charge on any atom is 0.246 e. The molecule has 1 aromatic carbocycles. The number of nitrogens with zero attached hydrogens (tertiary/aromatic N) is 2. The number of hydrogen-bond acceptors (Lipinski definition) is 2. The first-order valence-electron chi connectivity index (χ1n) is 4.16. The zero-order chi connectivity index (χ0) is 9.26. The predicted molar refractivity (Wildman–Crippen MR) is 50.5 cm³/mol. The van der Waals surface area contributed by atoms with E-state index >= 15 is 0 Å². The summed E-state index contributed by atoms with van der Waals surface area (Å²) in [5.74, 6) is 0.0289. The summed E-state index contributed by atoms with van der Waals surface area (Å²) in [5.41, 5.74) is 2.07. The lowest BCUT2D eigenvalue weighted by molar-refractivity contribution is -0.129. The summed E-state index contributed by atoms with van der Waals surface area (Å²) in [4.78, 5) is 11.4. The van der Waals surface area contributed by atoms with Crippen molar-refractivity contribution < 1.29 is 4.79 Å². The number of benzene rings is 1. The van der Waals surface area contributed by atoms with Crippen LogP contribution in [0.5, 0.6) is 0 Å². The molecule has 0 aromatic heterocycles. The van der Waals surface area contributed by atoms with Crippen LogP contribution in [0, 0.1) is 0 Å². The van der Waals surface area contributed by atoms with Gasteiger partial charge >= 0.3 is 0 Å². The molecule has 1 heterocycles. The van der Waals surface area contributed by atoms with E-state index in [9.17, 15) is 4.79 Å². The molecule has 2 rings (SSSR count). The van der Waals surface area contributed by atoms with Gasteiger partial charge in [-0.2, -0.15) is 5.10 Å². The van der Waals surface area contributed by atoms with Gasteiger partial charge in [0.05, 0.1) is 12.6 Å². The summed E-state index contributed by atoms with van der Waals surface area (Å²) in [6.45, 7) is 0. The molecule has 0 saturated carbocycles. The molecule has 0 saturated heterocycles. The second-order valence-electron chi connectivity index (χ2n) is 3.04. The molecule has 0 spiro atoms. The van der Waals surface area contributed by atoms with E-state index < -0.39 is 0 Å². The Bertz CT molecular complexity index is 371. The molecule has 13 heavy (non-hydrogen) atoms. The Morgan fingerprint density at radius 2 is 2.15 bits per heavy atom. The fraction of sp³-hybridized carbons (Fsp3) is 0.200. The molecule has 0 aliphatic carbocycles. The fourth-order valence-corrected chi connectivity index (χ4v) is 1.31. The van der Waals surface area contributed by atoms with E-state index in [4.69, 9.17) is 0 Å². The summed E-state index contributed by atoms with van der Waals surface area (Å²) in [6, 6.07) is 7.80. The number of carbonyl (C=O) groups excluding carboxylic acids is 1. The van der Waals surface area contributed by atoms with Crippen LogP contribution in [-0.4, -0.2) is 24.2 Å². The molecule has 0 atom stereocenters. The first-order valence-corrected chi connectivity index (χ1v) is 4.16. The quantitative estimate of drug-likeness (QED) is 0.578. The number of hydrazone groups is 1. The molecular weight excluding hydrogens is 164 g/mol. The molecule has 0 fully saturated rings. The Balaban J connectivity index is 2.46. The van der Waals surface area contributed by atoms with Crippen molar-refractivity contribution in [2.24, 2.45) is 5.10 Å². The van der Waals surface area contributed by atoms with Crippen LogP contribution in [0.15, 0.2) is 29.4 Å². The van der Waals surface area contributed by atoms with Gasteiger partial charge in [-0.05, 0) is 11.1 Å². The van der Waals surface area contributed by atoms with Gasteiger partial charge in [0.1, 0.15) is 0 Å². The summed E-state index contributed by atoms with van der Waals surface area (Å²) in [5, 5.41) is 5.38.